The lowest BCUT2D eigenvalue weighted by atomic mass is 9.96. The zero-order valence-corrected chi connectivity index (χ0v) is 12.9. The molecule has 0 radical (unpaired) electrons. The molecule has 0 saturated heterocycles. The molecule has 0 amide bonds. The largest absolute Gasteiger partial charge is 0.213 e. The van der Waals surface area contributed by atoms with Crippen LogP contribution >= 0.6 is 11.1 Å². The normalized spacial score (nSPS) is 26.5. The fourth-order valence-electron chi connectivity index (χ4n) is 3.70. The van der Waals surface area contributed by atoms with Gasteiger partial charge in [-0.05, 0) is 46.3 Å². The van der Waals surface area contributed by atoms with E-state index in [1.54, 1.807) is 10.4 Å². The van der Waals surface area contributed by atoms with Crippen LogP contribution < -0.4 is 0 Å². The van der Waals surface area contributed by atoms with Crippen molar-refractivity contribution in [1.82, 2.24) is 0 Å². The molecule has 0 N–H and O–H groups in total. The average molecular weight is 285 g/mol. The van der Waals surface area contributed by atoms with E-state index in [1.807, 2.05) is 0 Å². The maximum Gasteiger partial charge on any atom is 0.213 e. The van der Waals surface area contributed by atoms with E-state index < -0.39 is 7.38 Å². The fourth-order valence-corrected chi connectivity index (χ4v) is 9.24. The Hall–Kier alpha value is -1.05. The molecule has 1 aliphatic heterocycles. The van der Waals surface area contributed by atoms with Crippen molar-refractivity contribution in [3.63, 3.8) is 0 Å². The second kappa shape index (κ2) is 3.97. The van der Waals surface area contributed by atoms with Crippen LogP contribution in [0.3, 0.4) is 0 Å². The zero-order valence-electron chi connectivity index (χ0n) is 11.2. The van der Waals surface area contributed by atoms with Crippen molar-refractivity contribution >= 4 is 29.2 Å². The predicted molar refractivity (Wildman–Crippen MR) is 85.5 cm³/mol. The second-order valence-electron chi connectivity index (χ2n) is 5.75. The number of hydrogen-bond donors (Lipinski definition) is 0. The number of halogens is 1. The molecule has 96 valence electrons. The van der Waals surface area contributed by atoms with Crippen LogP contribution in [-0.4, -0.2) is 7.38 Å². The van der Waals surface area contributed by atoms with Gasteiger partial charge in [-0.2, -0.15) is 11.1 Å². The third-order valence-corrected chi connectivity index (χ3v) is 10.1. The van der Waals surface area contributed by atoms with E-state index in [0.717, 1.165) is 12.8 Å². The first kappa shape index (κ1) is 11.7. The lowest BCUT2D eigenvalue weighted by Crippen LogP contribution is -2.18. The molecule has 0 bridgehead atoms. The first-order chi connectivity index (χ1) is 9.25. The summed E-state index contributed by atoms with van der Waals surface area (Å²) in [6.07, 6.45) is 10.1. The summed E-state index contributed by atoms with van der Waals surface area (Å²) in [5.41, 5.74) is 5.93. The SMILES string of the molecule is CCC[Si]1(Cl)C2=C1c1c(cccc1C1=CC=CC1)C2. The highest BCUT2D eigenvalue weighted by atomic mass is 35.6. The molecule has 19 heavy (non-hydrogen) atoms. The van der Waals surface area contributed by atoms with Gasteiger partial charge in [0.15, 0.2) is 0 Å². The molecule has 4 rings (SSSR count). The minimum absolute atomic E-state index is 1.07. The van der Waals surface area contributed by atoms with Crippen LogP contribution in [-0.2, 0) is 6.42 Å². The molecule has 1 aromatic carbocycles. The highest BCUT2D eigenvalue weighted by molar-refractivity contribution is 7.42. The summed E-state index contributed by atoms with van der Waals surface area (Å²) in [6.45, 7) is 2.25. The Labute approximate surface area is 120 Å². The predicted octanol–water partition coefficient (Wildman–Crippen LogP) is 5.03. The molecular formula is C17H17ClSi. The lowest BCUT2D eigenvalue weighted by Gasteiger charge is -2.18. The van der Waals surface area contributed by atoms with Crippen molar-refractivity contribution in [1.29, 1.82) is 0 Å². The molecular weight excluding hydrogens is 268 g/mol. The molecule has 1 unspecified atom stereocenters. The van der Waals surface area contributed by atoms with Crippen molar-refractivity contribution in [2.45, 2.75) is 32.2 Å². The summed E-state index contributed by atoms with van der Waals surface area (Å²) >= 11 is 6.95. The van der Waals surface area contributed by atoms with Crippen LogP contribution in [0.2, 0.25) is 6.04 Å². The van der Waals surface area contributed by atoms with Crippen molar-refractivity contribution in [3.05, 3.63) is 58.3 Å². The van der Waals surface area contributed by atoms with E-state index in [4.69, 9.17) is 11.1 Å². The van der Waals surface area contributed by atoms with E-state index in [0.29, 0.717) is 0 Å². The molecule has 0 aromatic heterocycles. The van der Waals surface area contributed by atoms with Gasteiger partial charge in [0.05, 0.1) is 0 Å². The highest BCUT2D eigenvalue weighted by Crippen LogP contribution is 2.61. The summed E-state index contributed by atoms with van der Waals surface area (Å²) in [7, 11) is -1.63. The number of hydrogen-bond acceptors (Lipinski definition) is 0. The van der Waals surface area contributed by atoms with Crippen LogP contribution in [0.5, 0.6) is 0 Å². The van der Waals surface area contributed by atoms with Gasteiger partial charge in [-0.25, -0.2) is 0 Å². The fraction of sp³-hybridized carbons (Fsp3) is 0.294. The van der Waals surface area contributed by atoms with E-state index in [1.165, 1.54) is 34.7 Å². The van der Waals surface area contributed by atoms with E-state index in [9.17, 15) is 0 Å². The van der Waals surface area contributed by atoms with Gasteiger partial charge in [0, 0.05) is 0 Å². The number of allylic oxidation sites excluding steroid dienone is 5. The van der Waals surface area contributed by atoms with Gasteiger partial charge >= 0.3 is 0 Å². The van der Waals surface area contributed by atoms with Crippen LogP contribution in [0.25, 0.3) is 10.8 Å². The van der Waals surface area contributed by atoms with Crippen molar-refractivity contribution in [3.8, 4) is 0 Å². The van der Waals surface area contributed by atoms with Gasteiger partial charge < -0.3 is 0 Å². The maximum absolute atomic E-state index is 6.95. The monoisotopic (exact) mass is 284 g/mol. The van der Waals surface area contributed by atoms with Crippen LogP contribution in [0.1, 0.15) is 36.5 Å². The van der Waals surface area contributed by atoms with Crippen molar-refractivity contribution < 1.29 is 0 Å². The third-order valence-electron chi connectivity index (χ3n) is 4.59. The quantitative estimate of drug-likeness (QED) is 0.540. The van der Waals surface area contributed by atoms with Crippen LogP contribution in [0.15, 0.2) is 41.6 Å². The molecule has 2 aliphatic carbocycles. The Morgan fingerprint density at radius 2 is 2.21 bits per heavy atom. The molecule has 2 heteroatoms. The summed E-state index contributed by atoms with van der Waals surface area (Å²) in [4.78, 5) is 0. The van der Waals surface area contributed by atoms with Gasteiger partial charge in [0.1, 0.15) is 0 Å². The summed E-state index contributed by atoms with van der Waals surface area (Å²) < 4.78 is 0. The maximum atomic E-state index is 6.95. The Balaban J connectivity index is 1.79. The summed E-state index contributed by atoms with van der Waals surface area (Å²) in [5.74, 6) is 0. The molecule has 3 aliphatic rings. The highest BCUT2D eigenvalue weighted by Gasteiger charge is 2.58. The Morgan fingerprint density at radius 3 is 2.95 bits per heavy atom. The second-order valence-corrected chi connectivity index (χ2v) is 10.9. The van der Waals surface area contributed by atoms with E-state index in [2.05, 4.69) is 43.4 Å². The van der Waals surface area contributed by atoms with Gasteiger partial charge in [-0.1, -0.05) is 55.0 Å². The minimum Gasteiger partial charge on any atom is -0.155 e. The summed E-state index contributed by atoms with van der Waals surface area (Å²) in [6, 6.07) is 8.00. The number of benzene rings is 1. The summed E-state index contributed by atoms with van der Waals surface area (Å²) in [5, 5.41) is 3.22. The third kappa shape index (κ3) is 1.52. The minimum atomic E-state index is -1.63. The van der Waals surface area contributed by atoms with Gasteiger partial charge in [0.2, 0.25) is 7.38 Å². The Morgan fingerprint density at radius 1 is 1.32 bits per heavy atom. The van der Waals surface area contributed by atoms with Gasteiger partial charge in [-0.3, -0.25) is 0 Å². The van der Waals surface area contributed by atoms with E-state index in [-0.39, 0.29) is 0 Å². The molecule has 0 fully saturated rings. The first-order valence-corrected chi connectivity index (χ1v) is 10.4. The van der Waals surface area contributed by atoms with Crippen LogP contribution in [0.4, 0.5) is 0 Å². The Bertz CT molecular complexity index is 666. The van der Waals surface area contributed by atoms with Crippen molar-refractivity contribution in [2.24, 2.45) is 0 Å². The van der Waals surface area contributed by atoms with Crippen LogP contribution in [0, 0.1) is 0 Å². The Kier molecular flexibility index (Phi) is 2.45. The molecule has 0 nitrogen and oxygen atoms in total. The zero-order chi connectivity index (χ0) is 13.0. The van der Waals surface area contributed by atoms with Gasteiger partial charge in [-0.15, -0.1) is 0 Å². The average Bonchev–Trinajstić information content (AvgIpc) is 2.89. The van der Waals surface area contributed by atoms with E-state index >= 15 is 0 Å². The molecule has 1 aromatic rings. The van der Waals surface area contributed by atoms with Crippen molar-refractivity contribution in [2.75, 3.05) is 0 Å². The smallest absolute Gasteiger partial charge is 0.155 e. The first-order valence-electron chi connectivity index (χ1n) is 7.17. The molecule has 0 spiro atoms. The van der Waals surface area contributed by atoms with Gasteiger partial charge in [0.25, 0.3) is 0 Å². The topological polar surface area (TPSA) is 0 Å². The molecule has 0 saturated carbocycles. The standard InChI is InChI=1S/C17H17ClSi/c1-2-10-19(18)15-11-13-8-5-9-14(16(13)17(15)19)12-6-3-4-7-12/h3-6,8-9H,2,7,10-11H2,1H3. The molecule has 1 atom stereocenters. The lowest BCUT2D eigenvalue weighted by molar-refractivity contribution is 1.06. The number of fused-ring (bicyclic) bond motifs is 2. The molecule has 1 heterocycles. The number of rotatable bonds is 3.